The summed E-state index contributed by atoms with van der Waals surface area (Å²) in [5.74, 6) is 1.53. The van der Waals surface area contributed by atoms with Gasteiger partial charge in [-0.1, -0.05) is 27.7 Å². The van der Waals surface area contributed by atoms with Crippen molar-refractivity contribution in [1.82, 2.24) is 0 Å². The van der Waals surface area contributed by atoms with E-state index in [4.69, 9.17) is 4.74 Å². The maximum absolute atomic E-state index is 12.4. The first kappa shape index (κ1) is 18.1. The molecule has 2 aromatic carbocycles. The molecule has 0 bridgehead atoms. The summed E-state index contributed by atoms with van der Waals surface area (Å²) < 4.78 is 5.69. The van der Waals surface area contributed by atoms with Crippen molar-refractivity contribution in [3.63, 3.8) is 0 Å². The monoisotopic (exact) mass is 351 g/mol. The number of methoxy groups -OCH3 is 1. The molecule has 0 aliphatic carbocycles. The van der Waals surface area contributed by atoms with Crippen LogP contribution in [0, 0.1) is 0 Å². The third kappa shape index (κ3) is 3.19. The number of ether oxygens (including phenoxy) is 1. The number of nitrogens with one attached hydrogen (secondary N) is 1. The molecule has 4 heteroatoms. The molecule has 2 N–H and O–H groups in total. The highest BCUT2D eigenvalue weighted by Crippen LogP contribution is 2.39. The molecule has 0 spiro atoms. The van der Waals surface area contributed by atoms with E-state index in [9.17, 15) is 9.90 Å². The van der Waals surface area contributed by atoms with Gasteiger partial charge < -0.3 is 15.2 Å². The van der Waals surface area contributed by atoms with Gasteiger partial charge >= 0.3 is 0 Å². The van der Waals surface area contributed by atoms with Crippen molar-refractivity contribution in [3.05, 3.63) is 52.6 Å². The topological polar surface area (TPSA) is 58.6 Å². The molecule has 1 aliphatic rings. The number of amides is 1. The van der Waals surface area contributed by atoms with Crippen LogP contribution < -0.4 is 10.1 Å². The number of rotatable bonds is 4. The third-order valence-electron chi connectivity index (χ3n) is 4.71. The van der Waals surface area contributed by atoms with Crippen LogP contribution in [0.3, 0.4) is 0 Å². The summed E-state index contributed by atoms with van der Waals surface area (Å²) in [6, 6.07) is 9.12. The maximum atomic E-state index is 12.4. The van der Waals surface area contributed by atoms with Gasteiger partial charge in [0.25, 0.3) is 5.91 Å². The number of carbonyl (C=O) groups excluding carboxylic acids is 1. The predicted octanol–water partition coefficient (Wildman–Crippen LogP) is 5.14. The zero-order valence-electron chi connectivity index (χ0n) is 15.9. The number of phenolic OH excluding ortho intramolecular Hbond substituents is 1. The fourth-order valence-corrected chi connectivity index (χ4v) is 3.37. The van der Waals surface area contributed by atoms with E-state index in [2.05, 4.69) is 45.1 Å². The van der Waals surface area contributed by atoms with Gasteiger partial charge in [-0.3, -0.25) is 4.79 Å². The van der Waals surface area contributed by atoms with Crippen LogP contribution in [-0.4, -0.2) is 18.1 Å². The highest BCUT2D eigenvalue weighted by Gasteiger charge is 2.25. The van der Waals surface area contributed by atoms with Crippen molar-refractivity contribution in [3.8, 4) is 11.5 Å². The lowest BCUT2D eigenvalue weighted by Gasteiger charge is -2.19. The molecule has 4 nitrogen and oxygen atoms in total. The van der Waals surface area contributed by atoms with Gasteiger partial charge in [0.05, 0.1) is 12.8 Å². The van der Waals surface area contributed by atoms with Crippen LogP contribution in [0.2, 0.25) is 0 Å². The predicted molar refractivity (Wildman–Crippen MR) is 106 cm³/mol. The molecule has 0 aromatic heterocycles. The summed E-state index contributed by atoms with van der Waals surface area (Å²) in [6.07, 6.45) is 1.91. The molecule has 136 valence electrons. The molecule has 0 unspecified atom stereocenters. The van der Waals surface area contributed by atoms with Gasteiger partial charge in [-0.05, 0) is 58.9 Å². The lowest BCUT2D eigenvalue weighted by atomic mass is 9.90. The standard InChI is InChI=1S/C22H25NO3/c1-12(2)17-8-14(9-18(13(3)4)21(17)26-5)10-19-16-7-6-15(24)11-20(16)23-22(19)25/h6-13,24H,1-5H3,(H,23,25)/b19-10-. The summed E-state index contributed by atoms with van der Waals surface area (Å²) in [4.78, 5) is 12.4. The Morgan fingerprint density at radius 3 is 2.19 bits per heavy atom. The zero-order chi connectivity index (χ0) is 19.0. The van der Waals surface area contributed by atoms with Crippen LogP contribution in [0.15, 0.2) is 30.3 Å². The second-order valence-electron chi connectivity index (χ2n) is 7.28. The number of hydrogen-bond acceptors (Lipinski definition) is 3. The van der Waals surface area contributed by atoms with Crippen molar-refractivity contribution in [1.29, 1.82) is 0 Å². The third-order valence-corrected chi connectivity index (χ3v) is 4.71. The summed E-state index contributed by atoms with van der Waals surface area (Å²) >= 11 is 0. The molecule has 0 saturated carbocycles. The first-order chi connectivity index (χ1) is 12.3. The largest absolute Gasteiger partial charge is 0.508 e. The molecule has 3 rings (SSSR count). The maximum Gasteiger partial charge on any atom is 0.256 e. The molecule has 0 fully saturated rings. The number of carbonyl (C=O) groups is 1. The Kier molecular flexibility index (Phi) is 4.77. The molecular weight excluding hydrogens is 326 g/mol. The minimum absolute atomic E-state index is 0.138. The number of fused-ring (bicyclic) bond motifs is 1. The molecule has 1 heterocycles. The van der Waals surface area contributed by atoms with Crippen LogP contribution >= 0.6 is 0 Å². The van der Waals surface area contributed by atoms with E-state index in [1.54, 1.807) is 25.3 Å². The van der Waals surface area contributed by atoms with Crippen LogP contribution in [0.25, 0.3) is 11.6 Å². The van der Waals surface area contributed by atoms with Crippen molar-refractivity contribution in [2.75, 3.05) is 12.4 Å². The van der Waals surface area contributed by atoms with Gasteiger partial charge in [0, 0.05) is 17.2 Å². The molecule has 0 atom stereocenters. The SMILES string of the molecule is COc1c(C(C)C)cc(/C=C2\C(=O)Nc3cc(O)ccc32)cc1C(C)C. The number of benzene rings is 2. The fourth-order valence-electron chi connectivity index (χ4n) is 3.37. The van der Waals surface area contributed by atoms with E-state index in [-0.39, 0.29) is 11.7 Å². The van der Waals surface area contributed by atoms with Crippen molar-refractivity contribution >= 4 is 23.2 Å². The smallest absolute Gasteiger partial charge is 0.256 e. The van der Waals surface area contributed by atoms with Crippen molar-refractivity contribution in [2.24, 2.45) is 0 Å². The van der Waals surface area contributed by atoms with E-state index in [1.165, 1.54) is 0 Å². The van der Waals surface area contributed by atoms with Crippen LogP contribution in [0.1, 0.15) is 61.8 Å². The Balaban J connectivity index is 2.16. The van der Waals surface area contributed by atoms with Crippen LogP contribution in [0.5, 0.6) is 11.5 Å². The highest BCUT2D eigenvalue weighted by atomic mass is 16.5. The molecule has 1 amide bonds. The Hall–Kier alpha value is -2.75. The van der Waals surface area contributed by atoms with Gasteiger partial charge in [-0.15, -0.1) is 0 Å². The molecule has 0 saturated heterocycles. The molecule has 0 radical (unpaired) electrons. The Morgan fingerprint density at radius 2 is 1.65 bits per heavy atom. The van der Waals surface area contributed by atoms with E-state index in [1.807, 2.05) is 6.08 Å². The minimum atomic E-state index is -0.154. The van der Waals surface area contributed by atoms with Gasteiger partial charge in [0.1, 0.15) is 11.5 Å². The highest BCUT2D eigenvalue weighted by molar-refractivity contribution is 6.35. The number of phenols is 1. The average Bonchev–Trinajstić information content (AvgIpc) is 2.88. The van der Waals surface area contributed by atoms with Crippen LogP contribution in [-0.2, 0) is 4.79 Å². The van der Waals surface area contributed by atoms with Gasteiger partial charge in [0.2, 0.25) is 0 Å². The Bertz CT molecular complexity index is 865. The van der Waals surface area contributed by atoms with E-state index < -0.39 is 0 Å². The van der Waals surface area contributed by atoms with Gasteiger partial charge in [-0.25, -0.2) is 0 Å². The van der Waals surface area contributed by atoms with Gasteiger partial charge in [-0.2, -0.15) is 0 Å². The van der Waals surface area contributed by atoms with Gasteiger partial charge in [0.15, 0.2) is 0 Å². The van der Waals surface area contributed by atoms with Crippen LogP contribution in [0.4, 0.5) is 5.69 Å². The fraction of sp³-hybridized carbons (Fsp3) is 0.318. The normalized spacial score (nSPS) is 14.9. The summed E-state index contributed by atoms with van der Waals surface area (Å²) in [5.41, 5.74) is 5.30. The summed E-state index contributed by atoms with van der Waals surface area (Å²) in [6.45, 7) is 8.55. The second-order valence-corrected chi connectivity index (χ2v) is 7.28. The second kappa shape index (κ2) is 6.87. The number of anilines is 1. The average molecular weight is 351 g/mol. The van der Waals surface area contributed by atoms with Crippen molar-refractivity contribution in [2.45, 2.75) is 39.5 Å². The Labute approximate surface area is 154 Å². The lowest BCUT2D eigenvalue weighted by molar-refractivity contribution is -0.110. The molecular formula is C22H25NO3. The quantitative estimate of drug-likeness (QED) is 0.750. The summed E-state index contributed by atoms with van der Waals surface area (Å²) in [7, 11) is 1.71. The first-order valence-electron chi connectivity index (χ1n) is 8.90. The Morgan fingerprint density at radius 1 is 1.04 bits per heavy atom. The molecule has 1 aliphatic heterocycles. The lowest BCUT2D eigenvalue weighted by Crippen LogP contribution is -2.04. The minimum Gasteiger partial charge on any atom is -0.508 e. The molecule has 2 aromatic rings. The summed E-state index contributed by atoms with van der Waals surface area (Å²) in [5, 5.41) is 12.4. The van der Waals surface area contributed by atoms with E-state index >= 15 is 0 Å². The van der Waals surface area contributed by atoms with E-state index in [0.717, 1.165) is 28.0 Å². The van der Waals surface area contributed by atoms with Crippen molar-refractivity contribution < 1.29 is 14.6 Å². The number of aromatic hydroxyl groups is 1. The zero-order valence-corrected chi connectivity index (χ0v) is 15.9. The van der Waals surface area contributed by atoms with E-state index in [0.29, 0.717) is 23.1 Å². The first-order valence-corrected chi connectivity index (χ1v) is 8.90. The number of hydrogen-bond donors (Lipinski definition) is 2. The molecule has 26 heavy (non-hydrogen) atoms.